The summed E-state index contributed by atoms with van der Waals surface area (Å²) in [4.78, 5) is 0. The van der Waals surface area contributed by atoms with Gasteiger partial charge in [0.15, 0.2) is 5.75 Å². The third kappa shape index (κ3) is 3.36. The summed E-state index contributed by atoms with van der Waals surface area (Å²) in [6, 6.07) is 13.5. The number of alkyl halides is 1. The first-order valence-electron chi connectivity index (χ1n) is 6.75. The molecule has 0 spiro atoms. The first-order chi connectivity index (χ1) is 10.8. The zero-order chi connectivity index (χ0) is 15.4. The average Bonchev–Trinajstić information content (AvgIpc) is 2.96. The van der Waals surface area contributed by atoms with Gasteiger partial charge in [-0.1, -0.05) is 15.9 Å². The second-order valence-electron chi connectivity index (χ2n) is 4.51. The molecule has 22 heavy (non-hydrogen) atoms. The van der Waals surface area contributed by atoms with Gasteiger partial charge in [-0.05, 0) is 42.5 Å². The summed E-state index contributed by atoms with van der Waals surface area (Å²) in [7, 11) is 1.66. The molecular formula is C17H14BrO3S. The number of benzene rings is 2. The fourth-order valence-electron chi connectivity index (χ4n) is 2.01. The third-order valence-electron chi connectivity index (χ3n) is 3.08. The minimum Gasteiger partial charge on any atom is -0.497 e. The number of hydrogen-bond acceptors (Lipinski definition) is 4. The van der Waals surface area contributed by atoms with Gasteiger partial charge >= 0.3 is 0 Å². The second-order valence-corrected chi connectivity index (χ2v) is 6.15. The summed E-state index contributed by atoms with van der Waals surface area (Å²) in [5, 5.41) is 5.03. The van der Waals surface area contributed by atoms with E-state index in [0.29, 0.717) is 6.61 Å². The Labute approximate surface area is 141 Å². The van der Waals surface area contributed by atoms with Crippen molar-refractivity contribution in [2.24, 2.45) is 0 Å². The van der Waals surface area contributed by atoms with E-state index in [9.17, 15) is 0 Å². The highest BCUT2D eigenvalue weighted by molar-refractivity contribution is 9.09. The molecule has 0 aliphatic rings. The summed E-state index contributed by atoms with van der Waals surface area (Å²) in [5.41, 5.74) is 0. The normalized spacial score (nSPS) is 10.6. The zero-order valence-electron chi connectivity index (χ0n) is 12.0. The number of ether oxygens (including phenoxy) is 3. The van der Waals surface area contributed by atoms with Crippen molar-refractivity contribution in [2.45, 2.75) is 0 Å². The van der Waals surface area contributed by atoms with E-state index >= 15 is 0 Å². The van der Waals surface area contributed by atoms with Crippen LogP contribution < -0.4 is 14.2 Å². The quantitative estimate of drug-likeness (QED) is 0.547. The van der Waals surface area contributed by atoms with Crippen molar-refractivity contribution in [3.05, 3.63) is 47.8 Å². The summed E-state index contributed by atoms with van der Waals surface area (Å²) >= 11 is 4.85. The molecule has 0 atom stereocenters. The maximum absolute atomic E-state index is 5.91. The molecule has 0 unspecified atom stereocenters. The molecule has 0 N–H and O–H groups in total. The fraction of sp³-hybridized carbons (Fsp3) is 0.176. The van der Waals surface area contributed by atoms with Gasteiger partial charge in [0.25, 0.3) is 0 Å². The van der Waals surface area contributed by atoms with E-state index in [1.807, 2.05) is 42.5 Å². The Hall–Kier alpha value is -1.72. The van der Waals surface area contributed by atoms with E-state index < -0.39 is 0 Å². The Kier molecular flexibility index (Phi) is 4.85. The van der Waals surface area contributed by atoms with E-state index in [-0.39, 0.29) is 0 Å². The molecule has 1 aromatic heterocycles. The number of rotatable bonds is 6. The Morgan fingerprint density at radius 2 is 1.77 bits per heavy atom. The predicted molar refractivity (Wildman–Crippen MR) is 93.0 cm³/mol. The van der Waals surface area contributed by atoms with Crippen molar-refractivity contribution in [3.8, 4) is 23.0 Å². The topological polar surface area (TPSA) is 27.7 Å². The molecule has 3 rings (SSSR count). The van der Waals surface area contributed by atoms with Crippen LogP contribution in [0.4, 0.5) is 0 Å². The van der Waals surface area contributed by atoms with Crippen molar-refractivity contribution in [3.63, 3.8) is 0 Å². The number of halogens is 1. The van der Waals surface area contributed by atoms with Crippen LogP contribution in [0.25, 0.3) is 10.1 Å². The van der Waals surface area contributed by atoms with E-state index in [1.54, 1.807) is 7.11 Å². The summed E-state index contributed by atoms with van der Waals surface area (Å²) in [6.07, 6.45) is 0. The number of hydrogen-bond donors (Lipinski definition) is 0. The first-order valence-corrected chi connectivity index (χ1v) is 8.69. The largest absolute Gasteiger partial charge is 0.497 e. The van der Waals surface area contributed by atoms with Crippen LogP contribution in [0.15, 0.2) is 42.5 Å². The smallest absolute Gasteiger partial charge is 0.154 e. The van der Waals surface area contributed by atoms with Crippen LogP contribution in [0, 0.1) is 5.38 Å². The molecule has 3 aromatic rings. The predicted octanol–water partition coefficient (Wildman–Crippen LogP) is 5.28. The van der Waals surface area contributed by atoms with Gasteiger partial charge in [-0.15, -0.1) is 11.3 Å². The Morgan fingerprint density at radius 1 is 1.05 bits per heavy atom. The molecule has 0 amide bonds. The van der Waals surface area contributed by atoms with Gasteiger partial charge in [-0.2, -0.15) is 0 Å². The summed E-state index contributed by atoms with van der Waals surface area (Å²) < 4.78 is 17.8. The summed E-state index contributed by atoms with van der Waals surface area (Å²) in [5.74, 6) is 3.16. The molecule has 0 aliphatic carbocycles. The lowest BCUT2D eigenvalue weighted by atomic mass is 10.2. The molecule has 2 aromatic carbocycles. The maximum atomic E-state index is 5.91. The lowest BCUT2D eigenvalue weighted by Crippen LogP contribution is -1.97. The third-order valence-corrected chi connectivity index (χ3v) is 4.25. The Balaban J connectivity index is 1.78. The number of thiophene rings is 1. The molecule has 1 heterocycles. The van der Waals surface area contributed by atoms with E-state index in [4.69, 9.17) is 14.2 Å². The molecule has 0 fully saturated rings. The van der Waals surface area contributed by atoms with Gasteiger partial charge in [0.05, 0.1) is 19.1 Å². The Morgan fingerprint density at radius 3 is 2.50 bits per heavy atom. The lowest BCUT2D eigenvalue weighted by Gasteiger charge is -2.07. The SMILES string of the molecule is COc1ccc2c(Oc3ccc(OCCBr)cc3)[c]sc2c1. The maximum Gasteiger partial charge on any atom is 0.154 e. The standard InChI is InChI=1S/C17H14BrO3S/c1-19-14-6-7-15-16(11-22-17(15)10-14)21-13-4-2-12(3-5-13)20-9-8-18/h2-7,10H,8-9H2,1H3. The van der Waals surface area contributed by atoms with Crippen molar-refractivity contribution >= 4 is 37.4 Å². The highest BCUT2D eigenvalue weighted by Gasteiger charge is 2.08. The minimum absolute atomic E-state index is 0.644. The van der Waals surface area contributed by atoms with Gasteiger partial charge in [-0.3, -0.25) is 0 Å². The fourth-order valence-corrected chi connectivity index (χ4v) is 2.97. The van der Waals surface area contributed by atoms with Crippen LogP contribution >= 0.6 is 27.3 Å². The first kappa shape index (κ1) is 15.2. The average molecular weight is 378 g/mol. The monoisotopic (exact) mass is 377 g/mol. The second kappa shape index (κ2) is 7.03. The van der Waals surface area contributed by atoms with Crippen molar-refractivity contribution in [2.75, 3.05) is 19.0 Å². The van der Waals surface area contributed by atoms with Gasteiger partial charge in [0, 0.05) is 15.4 Å². The molecule has 1 radical (unpaired) electrons. The van der Waals surface area contributed by atoms with E-state index in [0.717, 1.165) is 38.4 Å². The molecular weight excluding hydrogens is 364 g/mol. The molecule has 0 aliphatic heterocycles. The number of methoxy groups -OCH3 is 1. The van der Waals surface area contributed by atoms with Crippen molar-refractivity contribution < 1.29 is 14.2 Å². The summed E-state index contributed by atoms with van der Waals surface area (Å²) in [6.45, 7) is 0.644. The van der Waals surface area contributed by atoms with Gasteiger partial charge < -0.3 is 14.2 Å². The molecule has 0 saturated carbocycles. The van der Waals surface area contributed by atoms with E-state index in [2.05, 4.69) is 21.3 Å². The minimum atomic E-state index is 0.644. The molecule has 3 nitrogen and oxygen atoms in total. The van der Waals surface area contributed by atoms with Crippen LogP contribution in [0.5, 0.6) is 23.0 Å². The van der Waals surface area contributed by atoms with Crippen molar-refractivity contribution in [1.82, 2.24) is 0 Å². The zero-order valence-corrected chi connectivity index (χ0v) is 14.4. The Bertz CT molecular complexity index is 752. The van der Waals surface area contributed by atoms with Gasteiger partial charge in [0.2, 0.25) is 0 Å². The molecule has 5 heteroatoms. The molecule has 0 bridgehead atoms. The molecule has 113 valence electrons. The number of fused-ring (bicyclic) bond motifs is 1. The van der Waals surface area contributed by atoms with Crippen LogP contribution in [-0.2, 0) is 0 Å². The van der Waals surface area contributed by atoms with Crippen LogP contribution in [-0.4, -0.2) is 19.0 Å². The highest BCUT2D eigenvalue weighted by Crippen LogP contribution is 2.36. The van der Waals surface area contributed by atoms with Crippen LogP contribution in [0.1, 0.15) is 0 Å². The van der Waals surface area contributed by atoms with Crippen LogP contribution in [0.3, 0.4) is 0 Å². The molecule has 0 saturated heterocycles. The van der Waals surface area contributed by atoms with Crippen molar-refractivity contribution in [1.29, 1.82) is 0 Å². The highest BCUT2D eigenvalue weighted by atomic mass is 79.9. The van der Waals surface area contributed by atoms with E-state index in [1.165, 1.54) is 11.3 Å². The van der Waals surface area contributed by atoms with Gasteiger partial charge in [0.1, 0.15) is 17.2 Å². The van der Waals surface area contributed by atoms with Crippen LogP contribution in [0.2, 0.25) is 0 Å². The lowest BCUT2D eigenvalue weighted by molar-refractivity contribution is 0.344. The van der Waals surface area contributed by atoms with Gasteiger partial charge in [-0.25, -0.2) is 0 Å².